The van der Waals surface area contributed by atoms with E-state index in [1.165, 1.54) is 17.7 Å². The highest BCUT2D eigenvalue weighted by Gasteiger charge is 2.18. The van der Waals surface area contributed by atoms with E-state index in [0.29, 0.717) is 6.61 Å². The summed E-state index contributed by atoms with van der Waals surface area (Å²) in [5.41, 5.74) is 4.91. The van der Waals surface area contributed by atoms with Crippen molar-refractivity contribution in [2.24, 2.45) is 5.92 Å². The van der Waals surface area contributed by atoms with E-state index in [2.05, 4.69) is 26.8 Å². The molecule has 2 aromatic carbocycles. The van der Waals surface area contributed by atoms with E-state index in [1.54, 1.807) is 11.6 Å². The molecule has 0 saturated carbocycles. The Kier molecular flexibility index (Phi) is 9.49. The summed E-state index contributed by atoms with van der Waals surface area (Å²) < 4.78 is 36.5. The molecule has 0 bridgehead atoms. The second-order valence-electron chi connectivity index (χ2n) is 9.06. The van der Waals surface area contributed by atoms with Crippen molar-refractivity contribution >= 4 is 28.1 Å². The second-order valence-corrected chi connectivity index (χ2v) is 9.46. The average molecular weight is 513 g/mol. The van der Waals surface area contributed by atoms with Crippen molar-refractivity contribution in [3.63, 3.8) is 0 Å². The lowest BCUT2D eigenvalue weighted by molar-refractivity contribution is 0.335. The molecule has 0 spiro atoms. The molecule has 0 N–H and O–H groups in total. The van der Waals surface area contributed by atoms with Crippen LogP contribution in [0.2, 0.25) is 0 Å². The zero-order chi connectivity index (χ0) is 26.4. The smallest absolute Gasteiger partial charge is 0.134 e. The summed E-state index contributed by atoms with van der Waals surface area (Å²) in [6, 6.07) is 10.2. The molecule has 0 aliphatic rings. The standard InChI is InChI=1S/C30H35ClF2N2O/c1-7-19(4)26(31)15-20(5)22(8-2)14-21(6)30-24-12-10-11-13-29(24)35(34-30)18-25-27(32)16-23(36-9-3)17-28(25)33/h10-17,22H,7-9,18H2,1-6H3/b20-15-,21-14+,26-19?. The number of aromatic nitrogens is 2. The fourth-order valence-electron chi connectivity index (χ4n) is 4.22. The van der Waals surface area contributed by atoms with E-state index in [9.17, 15) is 8.78 Å². The lowest BCUT2D eigenvalue weighted by atomic mass is 9.93. The van der Waals surface area contributed by atoms with E-state index in [4.69, 9.17) is 21.4 Å². The summed E-state index contributed by atoms with van der Waals surface area (Å²) in [6.45, 7) is 12.5. The normalized spacial score (nSPS) is 14.2. The van der Waals surface area contributed by atoms with Gasteiger partial charge in [0.15, 0.2) is 0 Å². The van der Waals surface area contributed by atoms with Gasteiger partial charge < -0.3 is 4.74 Å². The first-order valence-corrected chi connectivity index (χ1v) is 12.9. The Morgan fingerprint density at radius 1 is 1.08 bits per heavy atom. The summed E-state index contributed by atoms with van der Waals surface area (Å²) in [6.07, 6.45) is 6.07. The van der Waals surface area contributed by atoms with Crippen molar-refractivity contribution in [1.82, 2.24) is 9.78 Å². The van der Waals surface area contributed by atoms with Gasteiger partial charge in [-0.15, -0.1) is 0 Å². The number of ether oxygens (including phenoxy) is 1. The summed E-state index contributed by atoms with van der Waals surface area (Å²) in [5, 5.41) is 6.53. The van der Waals surface area contributed by atoms with Gasteiger partial charge in [-0.1, -0.05) is 60.9 Å². The summed E-state index contributed by atoms with van der Waals surface area (Å²) in [7, 11) is 0. The van der Waals surface area contributed by atoms with E-state index in [-0.39, 0.29) is 23.8 Å². The monoisotopic (exact) mass is 512 g/mol. The van der Waals surface area contributed by atoms with Crippen LogP contribution in [0.25, 0.3) is 16.5 Å². The van der Waals surface area contributed by atoms with Gasteiger partial charge in [0.05, 0.1) is 24.4 Å². The maximum Gasteiger partial charge on any atom is 0.134 e. The van der Waals surface area contributed by atoms with Gasteiger partial charge in [0.25, 0.3) is 0 Å². The van der Waals surface area contributed by atoms with Crippen LogP contribution in [0, 0.1) is 17.6 Å². The molecule has 1 aromatic heterocycles. The molecular formula is C30H35ClF2N2O. The van der Waals surface area contributed by atoms with Crippen LogP contribution in [-0.2, 0) is 6.54 Å². The molecule has 6 heteroatoms. The van der Waals surface area contributed by atoms with Crippen LogP contribution in [0.1, 0.15) is 65.6 Å². The number of fused-ring (bicyclic) bond motifs is 1. The molecule has 3 rings (SSSR count). The maximum absolute atomic E-state index is 14.8. The molecule has 3 nitrogen and oxygen atoms in total. The number of halogens is 3. The minimum absolute atomic E-state index is 0.0231. The first-order chi connectivity index (χ1) is 17.2. The van der Waals surface area contributed by atoms with Crippen LogP contribution in [-0.4, -0.2) is 16.4 Å². The van der Waals surface area contributed by atoms with Gasteiger partial charge in [0.2, 0.25) is 0 Å². The van der Waals surface area contributed by atoms with Crippen molar-refractivity contribution in [2.45, 2.75) is 60.9 Å². The molecular weight excluding hydrogens is 478 g/mol. The summed E-state index contributed by atoms with van der Waals surface area (Å²) in [5.74, 6) is -0.926. The van der Waals surface area contributed by atoms with Crippen molar-refractivity contribution in [3.05, 3.63) is 87.6 Å². The molecule has 36 heavy (non-hydrogen) atoms. The summed E-state index contributed by atoms with van der Waals surface area (Å²) >= 11 is 6.49. The fourth-order valence-corrected chi connectivity index (χ4v) is 4.53. The van der Waals surface area contributed by atoms with Crippen molar-refractivity contribution in [2.75, 3.05) is 6.61 Å². The highest BCUT2D eigenvalue weighted by Crippen LogP contribution is 2.30. The third kappa shape index (κ3) is 6.25. The SMILES string of the molecule is CCOc1cc(F)c(Cn2nc(/C(C)=C/C(CC)/C(C)=C\C(Cl)=C(C)CC)c3ccccc32)c(F)c1. The van der Waals surface area contributed by atoms with Gasteiger partial charge in [-0.05, 0) is 64.2 Å². The van der Waals surface area contributed by atoms with Crippen molar-refractivity contribution in [1.29, 1.82) is 0 Å². The molecule has 1 atom stereocenters. The quantitative estimate of drug-likeness (QED) is 0.253. The lowest BCUT2D eigenvalue weighted by Gasteiger charge is -2.13. The lowest BCUT2D eigenvalue weighted by Crippen LogP contribution is -2.07. The van der Waals surface area contributed by atoms with Crippen LogP contribution in [0.3, 0.4) is 0 Å². The highest BCUT2D eigenvalue weighted by atomic mass is 35.5. The Bertz CT molecular complexity index is 1300. The van der Waals surface area contributed by atoms with E-state index in [0.717, 1.165) is 45.6 Å². The number of hydrogen-bond donors (Lipinski definition) is 0. The van der Waals surface area contributed by atoms with E-state index < -0.39 is 11.6 Å². The molecule has 0 radical (unpaired) electrons. The van der Waals surface area contributed by atoms with Gasteiger partial charge in [0, 0.05) is 28.1 Å². The summed E-state index contributed by atoms with van der Waals surface area (Å²) in [4.78, 5) is 0. The number of nitrogens with zero attached hydrogens (tertiary/aromatic N) is 2. The zero-order valence-electron chi connectivity index (χ0n) is 22.0. The third-order valence-corrected chi connectivity index (χ3v) is 6.96. The Labute approximate surface area is 218 Å². The fraction of sp³-hybridized carbons (Fsp3) is 0.367. The number of rotatable bonds is 10. The Morgan fingerprint density at radius 2 is 1.75 bits per heavy atom. The van der Waals surface area contributed by atoms with Gasteiger partial charge in [-0.2, -0.15) is 5.10 Å². The molecule has 0 aliphatic carbocycles. The minimum atomic E-state index is -0.647. The predicted molar refractivity (Wildman–Crippen MR) is 146 cm³/mol. The Morgan fingerprint density at radius 3 is 2.36 bits per heavy atom. The molecule has 192 valence electrons. The average Bonchev–Trinajstić information content (AvgIpc) is 3.22. The number of benzene rings is 2. The van der Waals surface area contributed by atoms with Crippen LogP contribution in [0.5, 0.6) is 5.75 Å². The Hall–Kier alpha value is -2.92. The van der Waals surface area contributed by atoms with Gasteiger partial charge in [0.1, 0.15) is 17.4 Å². The number of allylic oxidation sites excluding steroid dienone is 6. The third-order valence-electron chi connectivity index (χ3n) is 6.53. The maximum atomic E-state index is 14.8. The Balaban J connectivity index is 2.01. The topological polar surface area (TPSA) is 27.1 Å². The molecule has 0 aliphatic heterocycles. The molecule has 1 heterocycles. The number of hydrogen-bond acceptors (Lipinski definition) is 2. The number of para-hydroxylation sites is 1. The molecule has 3 aromatic rings. The largest absolute Gasteiger partial charge is 0.494 e. The first-order valence-electron chi connectivity index (χ1n) is 12.5. The van der Waals surface area contributed by atoms with E-state index in [1.807, 2.05) is 44.2 Å². The highest BCUT2D eigenvalue weighted by molar-refractivity contribution is 6.31. The molecule has 0 fully saturated rings. The van der Waals surface area contributed by atoms with Crippen LogP contribution in [0.15, 0.2) is 64.7 Å². The minimum Gasteiger partial charge on any atom is -0.494 e. The molecule has 0 saturated heterocycles. The second kappa shape index (κ2) is 12.4. The predicted octanol–water partition coefficient (Wildman–Crippen LogP) is 9.06. The van der Waals surface area contributed by atoms with Crippen LogP contribution < -0.4 is 4.74 Å². The van der Waals surface area contributed by atoms with Crippen molar-refractivity contribution in [3.8, 4) is 5.75 Å². The van der Waals surface area contributed by atoms with Gasteiger partial charge >= 0.3 is 0 Å². The first kappa shape index (κ1) is 27.7. The van der Waals surface area contributed by atoms with Crippen LogP contribution >= 0.6 is 11.6 Å². The van der Waals surface area contributed by atoms with Crippen molar-refractivity contribution < 1.29 is 13.5 Å². The molecule has 0 amide bonds. The van der Waals surface area contributed by atoms with Crippen LogP contribution in [0.4, 0.5) is 8.78 Å². The zero-order valence-corrected chi connectivity index (χ0v) is 22.7. The van der Waals surface area contributed by atoms with Gasteiger partial charge in [-0.3, -0.25) is 4.68 Å². The molecule has 1 unspecified atom stereocenters. The van der Waals surface area contributed by atoms with E-state index >= 15 is 0 Å². The van der Waals surface area contributed by atoms with Gasteiger partial charge in [-0.25, -0.2) is 8.78 Å².